The van der Waals surface area contributed by atoms with Crippen LogP contribution in [0.3, 0.4) is 0 Å². The van der Waals surface area contributed by atoms with Crippen LogP contribution in [0.5, 0.6) is 5.75 Å². The van der Waals surface area contributed by atoms with E-state index in [-0.39, 0.29) is 5.78 Å². The highest BCUT2D eigenvalue weighted by Crippen LogP contribution is 2.47. The molecule has 2 N–H and O–H groups in total. The molecule has 2 aromatic carbocycles. The number of Topliss-reactive ketones (excluding diaryl/α,β-unsaturated/α-hetero) is 1. The summed E-state index contributed by atoms with van der Waals surface area (Å²) in [4.78, 5) is 15.1. The lowest BCUT2D eigenvalue weighted by Crippen LogP contribution is -2.38. The van der Waals surface area contributed by atoms with E-state index in [1.165, 1.54) is 0 Å². The molecule has 2 aromatic rings. The Kier molecular flexibility index (Phi) is 5.09. The van der Waals surface area contributed by atoms with Gasteiger partial charge in [0.05, 0.1) is 24.7 Å². The first-order valence-corrected chi connectivity index (χ1v) is 10.1. The van der Waals surface area contributed by atoms with Gasteiger partial charge < -0.3 is 10.5 Å². The number of ether oxygens (including phenoxy) is 1. The molecule has 5 nitrogen and oxygen atoms in total. The fraction of sp³-hybridized carbons (Fsp3) is 0.280. The van der Waals surface area contributed by atoms with Gasteiger partial charge in [0.2, 0.25) is 0 Å². The van der Waals surface area contributed by atoms with Crippen molar-refractivity contribution in [1.82, 2.24) is 0 Å². The minimum atomic E-state index is -0.424. The van der Waals surface area contributed by atoms with Gasteiger partial charge in [0.1, 0.15) is 11.6 Å². The van der Waals surface area contributed by atoms with Crippen LogP contribution in [-0.2, 0) is 4.79 Å². The molecule has 1 atom stereocenters. The molecule has 1 aliphatic heterocycles. The van der Waals surface area contributed by atoms with Crippen LogP contribution in [-0.4, -0.2) is 12.9 Å². The van der Waals surface area contributed by atoms with Gasteiger partial charge in [0.15, 0.2) is 5.78 Å². The monoisotopic (exact) mass is 399 g/mol. The molecular formula is C25H25N3O2. The van der Waals surface area contributed by atoms with Gasteiger partial charge in [-0.1, -0.05) is 23.8 Å². The molecule has 30 heavy (non-hydrogen) atoms. The lowest BCUT2D eigenvalue weighted by molar-refractivity contribution is -0.116. The Hall–Kier alpha value is -3.52. The van der Waals surface area contributed by atoms with Crippen molar-refractivity contribution in [3.8, 4) is 11.8 Å². The van der Waals surface area contributed by atoms with Crippen molar-refractivity contribution in [2.75, 3.05) is 12.0 Å². The Morgan fingerprint density at radius 2 is 1.87 bits per heavy atom. The molecule has 0 saturated carbocycles. The number of anilines is 1. The Bertz CT molecular complexity index is 1120. The van der Waals surface area contributed by atoms with Crippen LogP contribution in [0.15, 0.2) is 65.1 Å². The Balaban J connectivity index is 1.96. The molecule has 4 rings (SSSR count). The van der Waals surface area contributed by atoms with Crippen LogP contribution in [0.25, 0.3) is 0 Å². The number of methoxy groups -OCH3 is 1. The van der Waals surface area contributed by atoms with Gasteiger partial charge in [-0.2, -0.15) is 5.26 Å². The number of nitrogens with two attached hydrogens (primary N) is 1. The SMILES string of the molecule is COc1ccc(N2C(N)=C(C#N)[C@@H](c3cc(C)ccc3C)C3=C2CCCC3=O)cc1. The maximum Gasteiger partial charge on any atom is 0.161 e. The van der Waals surface area contributed by atoms with Crippen molar-refractivity contribution >= 4 is 11.5 Å². The topological polar surface area (TPSA) is 79.3 Å². The van der Waals surface area contributed by atoms with E-state index in [4.69, 9.17) is 10.5 Å². The molecule has 0 saturated heterocycles. The fourth-order valence-electron chi connectivity index (χ4n) is 4.49. The molecule has 0 fully saturated rings. The minimum absolute atomic E-state index is 0.0981. The van der Waals surface area contributed by atoms with Crippen LogP contribution < -0.4 is 15.4 Å². The molecule has 1 aliphatic carbocycles. The summed E-state index contributed by atoms with van der Waals surface area (Å²) >= 11 is 0. The van der Waals surface area contributed by atoms with Crippen molar-refractivity contribution in [3.05, 3.63) is 81.8 Å². The Morgan fingerprint density at radius 3 is 2.53 bits per heavy atom. The normalized spacial score (nSPS) is 18.9. The number of carbonyl (C=O) groups is 1. The lowest BCUT2D eigenvalue weighted by Gasteiger charge is -2.40. The number of rotatable bonds is 3. The zero-order chi connectivity index (χ0) is 21.4. The summed E-state index contributed by atoms with van der Waals surface area (Å²) in [5, 5.41) is 10.1. The summed E-state index contributed by atoms with van der Waals surface area (Å²) in [6.45, 7) is 4.04. The number of nitrogens with zero attached hydrogens (tertiary/aromatic N) is 2. The zero-order valence-corrected chi connectivity index (χ0v) is 17.5. The third kappa shape index (κ3) is 3.15. The van der Waals surface area contributed by atoms with E-state index in [1.54, 1.807) is 7.11 Å². The summed E-state index contributed by atoms with van der Waals surface area (Å²) in [6, 6.07) is 16.0. The standard InChI is InChI=1S/C25H25N3O2/c1-15-7-8-16(2)19(13-15)23-20(14-26)25(27)28(17-9-11-18(30-3)12-10-17)21-5-4-6-22(29)24(21)23/h7-13,23H,4-6,27H2,1-3H3/t23-/m1/s1. The predicted molar refractivity (Wildman–Crippen MR) is 117 cm³/mol. The highest BCUT2D eigenvalue weighted by Gasteiger charge is 2.40. The second-order valence-corrected chi connectivity index (χ2v) is 7.87. The van der Waals surface area contributed by atoms with E-state index in [0.717, 1.165) is 46.7 Å². The maximum atomic E-state index is 13.2. The molecule has 0 radical (unpaired) electrons. The van der Waals surface area contributed by atoms with E-state index >= 15 is 0 Å². The van der Waals surface area contributed by atoms with Crippen molar-refractivity contribution < 1.29 is 9.53 Å². The molecule has 0 amide bonds. The zero-order valence-electron chi connectivity index (χ0n) is 17.5. The first-order valence-electron chi connectivity index (χ1n) is 10.1. The van der Waals surface area contributed by atoms with Gasteiger partial charge in [-0.25, -0.2) is 0 Å². The molecule has 1 heterocycles. The van der Waals surface area contributed by atoms with Gasteiger partial charge in [-0.3, -0.25) is 9.69 Å². The number of carbonyl (C=O) groups excluding carboxylic acids is 1. The molecule has 0 unspecified atom stereocenters. The van der Waals surface area contributed by atoms with Gasteiger partial charge in [0.25, 0.3) is 0 Å². The van der Waals surface area contributed by atoms with Gasteiger partial charge in [-0.05, 0) is 62.1 Å². The average Bonchev–Trinajstić information content (AvgIpc) is 2.75. The summed E-state index contributed by atoms with van der Waals surface area (Å²) in [5.41, 5.74) is 12.6. The van der Waals surface area contributed by atoms with E-state index in [0.29, 0.717) is 23.4 Å². The van der Waals surface area contributed by atoms with Crippen molar-refractivity contribution in [1.29, 1.82) is 5.26 Å². The maximum absolute atomic E-state index is 13.2. The van der Waals surface area contributed by atoms with Crippen LogP contribution in [0.4, 0.5) is 5.69 Å². The smallest absolute Gasteiger partial charge is 0.161 e. The van der Waals surface area contributed by atoms with Crippen LogP contribution >= 0.6 is 0 Å². The van der Waals surface area contributed by atoms with E-state index < -0.39 is 5.92 Å². The number of aryl methyl sites for hydroxylation is 2. The largest absolute Gasteiger partial charge is 0.497 e. The Morgan fingerprint density at radius 1 is 1.13 bits per heavy atom. The van der Waals surface area contributed by atoms with Crippen LogP contribution in [0.2, 0.25) is 0 Å². The van der Waals surface area contributed by atoms with E-state index in [9.17, 15) is 10.1 Å². The number of hydrogen-bond acceptors (Lipinski definition) is 5. The molecule has 0 spiro atoms. The van der Waals surface area contributed by atoms with Crippen LogP contribution in [0, 0.1) is 25.2 Å². The first kappa shape index (κ1) is 19.8. The number of nitriles is 1. The molecule has 0 bridgehead atoms. The van der Waals surface area contributed by atoms with Crippen molar-refractivity contribution in [3.63, 3.8) is 0 Å². The van der Waals surface area contributed by atoms with Gasteiger partial charge >= 0.3 is 0 Å². The van der Waals surface area contributed by atoms with E-state index in [1.807, 2.05) is 55.1 Å². The van der Waals surface area contributed by atoms with Crippen molar-refractivity contribution in [2.24, 2.45) is 5.73 Å². The number of benzene rings is 2. The first-order chi connectivity index (χ1) is 14.5. The molecular weight excluding hydrogens is 374 g/mol. The van der Waals surface area contributed by atoms with Gasteiger partial charge in [0, 0.05) is 23.4 Å². The average molecular weight is 399 g/mol. The number of hydrogen-bond donors (Lipinski definition) is 1. The number of ketones is 1. The second kappa shape index (κ2) is 7.72. The third-order valence-electron chi connectivity index (χ3n) is 5.99. The summed E-state index contributed by atoms with van der Waals surface area (Å²) < 4.78 is 5.27. The second-order valence-electron chi connectivity index (χ2n) is 7.87. The minimum Gasteiger partial charge on any atom is -0.497 e. The summed E-state index contributed by atoms with van der Waals surface area (Å²) in [5.74, 6) is 0.802. The fourth-order valence-corrected chi connectivity index (χ4v) is 4.49. The summed E-state index contributed by atoms with van der Waals surface area (Å²) in [6.07, 6.45) is 2.02. The lowest BCUT2D eigenvalue weighted by atomic mass is 9.74. The summed E-state index contributed by atoms with van der Waals surface area (Å²) in [7, 11) is 1.62. The highest BCUT2D eigenvalue weighted by atomic mass is 16.5. The van der Waals surface area contributed by atoms with Crippen LogP contribution in [0.1, 0.15) is 41.9 Å². The molecule has 152 valence electrons. The number of allylic oxidation sites excluding steroid dienone is 3. The molecule has 0 aromatic heterocycles. The highest BCUT2D eigenvalue weighted by molar-refractivity contribution is 6.01. The molecule has 5 heteroatoms. The van der Waals surface area contributed by atoms with E-state index in [2.05, 4.69) is 12.1 Å². The molecule has 2 aliphatic rings. The quantitative estimate of drug-likeness (QED) is 0.815. The van der Waals surface area contributed by atoms with Crippen molar-refractivity contribution in [2.45, 2.75) is 39.0 Å². The predicted octanol–water partition coefficient (Wildman–Crippen LogP) is 4.62. The Labute approximate surface area is 177 Å². The van der Waals surface area contributed by atoms with Gasteiger partial charge in [-0.15, -0.1) is 0 Å². The third-order valence-corrected chi connectivity index (χ3v) is 5.99.